The van der Waals surface area contributed by atoms with Crippen LogP contribution in [0.1, 0.15) is 20.3 Å². The van der Waals surface area contributed by atoms with Crippen LogP contribution in [-0.4, -0.2) is 67.9 Å². The number of amides is 2. The highest BCUT2D eigenvalue weighted by Crippen LogP contribution is 2.09. The van der Waals surface area contributed by atoms with Gasteiger partial charge in [0, 0.05) is 19.6 Å². The van der Waals surface area contributed by atoms with Crippen molar-refractivity contribution in [2.24, 2.45) is 5.16 Å². The van der Waals surface area contributed by atoms with E-state index >= 15 is 0 Å². The molecule has 0 radical (unpaired) electrons. The Morgan fingerprint density at radius 1 is 1.43 bits per heavy atom. The summed E-state index contributed by atoms with van der Waals surface area (Å²) in [7, 11) is 1.46. The zero-order valence-corrected chi connectivity index (χ0v) is 12.9. The second-order valence-electron chi connectivity index (χ2n) is 4.53. The Labute approximate surface area is 125 Å². The minimum atomic E-state index is -0.480. The molecule has 0 saturated carbocycles. The molecule has 1 aliphatic heterocycles. The molecule has 1 rings (SSSR count). The van der Waals surface area contributed by atoms with E-state index in [4.69, 9.17) is 4.74 Å². The summed E-state index contributed by atoms with van der Waals surface area (Å²) in [5, 5.41) is 3.68. The normalized spacial score (nSPS) is 14.8. The van der Waals surface area contributed by atoms with Gasteiger partial charge in [0.2, 0.25) is 0 Å². The van der Waals surface area contributed by atoms with E-state index in [0.717, 1.165) is 12.0 Å². The molecule has 0 bridgehead atoms. The summed E-state index contributed by atoms with van der Waals surface area (Å²) in [6, 6.07) is 0. The van der Waals surface area contributed by atoms with E-state index in [9.17, 15) is 9.59 Å². The molecule has 118 valence electrons. The van der Waals surface area contributed by atoms with Crippen molar-refractivity contribution in [3.63, 3.8) is 0 Å². The van der Waals surface area contributed by atoms with Crippen molar-refractivity contribution >= 4 is 18.2 Å². The Bertz CT molecular complexity index is 416. The molecule has 0 atom stereocenters. The van der Waals surface area contributed by atoms with Crippen LogP contribution in [0.25, 0.3) is 0 Å². The van der Waals surface area contributed by atoms with Crippen molar-refractivity contribution in [2.45, 2.75) is 20.3 Å². The predicted molar refractivity (Wildman–Crippen MR) is 79.1 cm³/mol. The van der Waals surface area contributed by atoms with Gasteiger partial charge in [-0.05, 0) is 25.8 Å². The molecule has 7 nitrogen and oxygen atoms in total. The number of ether oxygens (including phenoxy) is 1. The number of oxime groups is 1. The van der Waals surface area contributed by atoms with Gasteiger partial charge in [0.25, 0.3) is 5.91 Å². The molecule has 0 aliphatic carbocycles. The zero-order chi connectivity index (χ0) is 15.7. The quantitative estimate of drug-likeness (QED) is 0.546. The molecule has 7 heteroatoms. The third kappa shape index (κ3) is 5.45. The molecule has 2 amide bonds. The van der Waals surface area contributed by atoms with Crippen LogP contribution in [0.5, 0.6) is 0 Å². The van der Waals surface area contributed by atoms with Crippen LogP contribution in [0.4, 0.5) is 4.79 Å². The van der Waals surface area contributed by atoms with E-state index in [-0.39, 0.29) is 12.5 Å². The van der Waals surface area contributed by atoms with Gasteiger partial charge in [-0.2, -0.15) is 0 Å². The van der Waals surface area contributed by atoms with Gasteiger partial charge in [0.05, 0.1) is 12.8 Å². The number of carbonyl (C=O) groups is 2. The highest BCUT2D eigenvalue weighted by Gasteiger charge is 2.20. The van der Waals surface area contributed by atoms with E-state index in [1.165, 1.54) is 7.11 Å². The van der Waals surface area contributed by atoms with Crippen LogP contribution in [0, 0.1) is 0 Å². The highest BCUT2D eigenvalue weighted by molar-refractivity contribution is 5.82. The third-order valence-corrected chi connectivity index (χ3v) is 3.20. The Hall–Kier alpha value is -2.05. The first-order valence-electron chi connectivity index (χ1n) is 7.07. The summed E-state index contributed by atoms with van der Waals surface area (Å²) in [5.74, 6) is -0.179. The van der Waals surface area contributed by atoms with E-state index in [2.05, 4.69) is 9.99 Å². The molecule has 0 fully saturated rings. The third-order valence-electron chi connectivity index (χ3n) is 3.20. The molecular weight excluding hydrogens is 274 g/mol. The van der Waals surface area contributed by atoms with Crippen LogP contribution >= 0.6 is 0 Å². The zero-order valence-electron chi connectivity index (χ0n) is 12.9. The monoisotopic (exact) mass is 297 g/mol. The Balaban J connectivity index is 2.44. The summed E-state index contributed by atoms with van der Waals surface area (Å²) in [5.41, 5.74) is 0.884. The second-order valence-corrected chi connectivity index (χ2v) is 4.53. The molecule has 0 unspecified atom stereocenters. The molecule has 0 aromatic carbocycles. The van der Waals surface area contributed by atoms with Gasteiger partial charge in [-0.3, -0.25) is 4.79 Å². The van der Waals surface area contributed by atoms with Gasteiger partial charge >= 0.3 is 6.09 Å². The molecule has 0 spiro atoms. The molecule has 0 aromatic rings. The van der Waals surface area contributed by atoms with Gasteiger partial charge in [-0.25, -0.2) is 4.79 Å². The fourth-order valence-electron chi connectivity index (χ4n) is 2.02. The van der Waals surface area contributed by atoms with Gasteiger partial charge in [-0.1, -0.05) is 11.2 Å². The van der Waals surface area contributed by atoms with Crippen molar-refractivity contribution in [1.82, 2.24) is 9.80 Å². The summed E-state index contributed by atoms with van der Waals surface area (Å²) in [6.45, 7) is 5.75. The molecule has 0 saturated heterocycles. The number of hydrogen-bond donors (Lipinski definition) is 0. The van der Waals surface area contributed by atoms with Crippen LogP contribution in [0.3, 0.4) is 0 Å². The first-order chi connectivity index (χ1) is 10.1. The summed E-state index contributed by atoms with van der Waals surface area (Å²) in [4.78, 5) is 31.5. The second kappa shape index (κ2) is 8.99. The molecule has 21 heavy (non-hydrogen) atoms. The maximum Gasteiger partial charge on any atom is 0.410 e. The van der Waals surface area contributed by atoms with Gasteiger partial charge in [0.15, 0.2) is 6.61 Å². The van der Waals surface area contributed by atoms with E-state index in [0.29, 0.717) is 26.2 Å². The van der Waals surface area contributed by atoms with E-state index in [1.807, 2.05) is 19.9 Å². The fourth-order valence-corrected chi connectivity index (χ4v) is 2.02. The Kier molecular flexibility index (Phi) is 7.28. The number of hydrogen-bond acceptors (Lipinski definition) is 5. The van der Waals surface area contributed by atoms with Crippen molar-refractivity contribution in [3.8, 4) is 0 Å². The number of rotatable bonds is 6. The van der Waals surface area contributed by atoms with Gasteiger partial charge in [-0.15, -0.1) is 0 Å². The van der Waals surface area contributed by atoms with Crippen LogP contribution in [0.2, 0.25) is 0 Å². The summed E-state index contributed by atoms with van der Waals surface area (Å²) < 4.78 is 5.07. The Morgan fingerprint density at radius 3 is 2.76 bits per heavy atom. The number of carbonyl (C=O) groups excluding carboxylic acids is 2. The van der Waals surface area contributed by atoms with E-state index < -0.39 is 6.09 Å². The Morgan fingerprint density at radius 2 is 2.14 bits per heavy atom. The number of likely N-dealkylation sites (N-methyl/N-ethyl adjacent to an activating group) is 1. The lowest BCUT2D eigenvalue weighted by Crippen LogP contribution is -2.39. The van der Waals surface area contributed by atoms with Crippen molar-refractivity contribution in [1.29, 1.82) is 0 Å². The summed E-state index contributed by atoms with van der Waals surface area (Å²) >= 11 is 0. The van der Waals surface area contributed by atoms with Crippen LogP contribution in [0.15, 0.2) is 16.8 Å². The average molecular weight is 297 g/mol. The van der Waals surface area contributed by atoms with Crippen LogP contribution in [-0.2, 0) is 14.4 Å². The molecule has 1 heterocycles. The maximum absolute atomic E-state index is 12.0. The van der Waals surface area contributed by atoms with Gasteiger partial charge in [0.1, 0.15) is 7.11 Å². The lowest BCUT2D eigenvalue weighted by atomic mass is 10.1. The molecule has 0 N–H and O–H groups in total. The molecular formula is C14H23N3O4. The number of nitrogens with zero attached hydrogens (tertiary/aromatic N) is 3. The smallest absolute Gasteiger partial charge is 0.410 e. The standard InChI is InChI=1S/C14H23N3O4/c1-4-16(5-2)13(18)11-21-14(19)17-8-6-7-12(10-17)9-15-20-3/h7,9H,4-6,8,10-11H2,1-3H3. The minimum Gasteiger partial charge on any atom is -0.439 e. The van der Waals surface area contributed by atoms with Crippen molar-refractivity contribution < 1.29 is 19.2 Å². The van der Waals surface area contributed by atoms with Gasteiger partial charge < -0.3 is 19.4 Å². The first kappa shape index (κ1) is 17.0. The topological polar surface area (TPSA) is 71.4 Å². The minimum absolute atomic E-state index is 0.179. The predicted octanol–water partition coefficient (Wildman–Crippen LogP) is 1.26. The SMILES string of the molecule is CCN(CC)C(=O)COC(=O)N1CCC=C(C=NOC)C1. The average Bonchev–Trinajstić information content (AvgIpc) is 2.52. The highest BCUT2D eigenvalue weighted by atomic mass is 16.6. The maximum atomic E-state index is 12.0. The lowest BCUT2D eigenvalue weighted by Gasteiger charge is -2.26. The fraction of sp³-hybridized carbons (Fsp3) is 0.643. The summed E-state index contributed by atoms with van der Waals surface area (Å²) in [6.07, 6.45) is 3.81. The van der Waals surface area contributed by atoms with Crippen molar-refractivity contribution in [3.05, 3.63) is 11.6 Å². The van der Waals surface area contributed by atoms with Crippen LogP contribution < -0.4 is 0 Å². The van der Waals surface area contributed by atoms with Crippen molar-refractivity contribution in [2.75, 3.05) is 39.9 Å². The molecule has 0 aromatic heterocycles. The first-order valence-corrected chi connectivity index (χ1v) is 7.07. The lowest BCUT2D eigenvalue weighted by molar-refractivity contribution is -0.134. The molecule has 1 aliphatic rings. The largest absolute Gasteiger partial charge is 0.439 e. The van der Waals surface area contributed by atoms with E-state index in [1.54, 1.807) is 16.0 Å².